The van der Waals surface area contributed by atoms with Gasteiger partial charge in [-0.3, -0.25) is 0 Å². The summed E-state index contributed by atoms with van der Waals surface area (Å²) in [4.78, 5) is 2.67. The minimum atomic E-state index is -0.130. The van der Waals surface area contributed by atoms with Gasteiger partial charge in [0.1, 0.15) is 0 Å². The maximum Gasteiger partial charge on any atom is 0.0795 e. The van der Waals surface area contributed by atoms with Crippen molar-refractivity contribution in [2.75, 3.05) is 31.2 Å². The molecule has 3 saturated heterocycles. The predicted octanol–water partition coefficient (Wildman–Crippen LogP) is 2.13. The topological polar surface area (TPSA) is 32.7 Å². The van der Waals surface area contributed by atoms with Crippen molar-refractivity contribution in [1.82, 2.24) is 4.90 Å². The van der Waals surface area contributed by atoms with E-state index < -0.39 is 0 Å². The number of ether oxygens (including phenoxy) is 1. The molecule has 0 radical (unpaired) electrons. The van der Waals surface area contributed by atoms with Crippen molar-refractivity contribution in [3.05, 3.63) is 0 Å². The van der Waals surface area contributed by atoms with Crippen LogP contribution in [0.5, 0.6) is 0 Å². The van der Waals surface area contributed by atoms with Crippen molar-refractivity contribution >= 4 is 11.8 Å². The molecule has 19 heavy (non-hydrogen) atoms. The molecule has 4 heteroatoms. The molecule has 1 N–H and O–H groups in total. The van der Waals surface area contributed by atoms with Crippen molar-refractivity contribution in [2.45, 2.75) is 56.8 Å². The fraction of sp³-hybridized carbons (Fsp3) is 1.00. The molecule has 0 aromatic rings. The van der Waals surface area contributed by atoms with Crippen molar-refractivity contribution in [1.29, 1.82) is 0 Å². The van der Waals surface area contributed by atoms with Gasteiger partial charge in [-0.2, -0.15) is 11.8 Å². The van der Waals surface area contributed by atoms with E-state index in [1.807, 2.05) is 6.92 Å². The molecule has 110 valence electrons. The molecule has 3 aliphatic rings. The van der Waals surface area contributed by atoms with Gasteiger partial charge >= 0.3 is 0 Å². The normalized spacial score (nSPS) is 39.8. The van der Waals surface area contributed by atoms with E-state index in [4.69, 9.17) is 4.74 Å². The molecule has 0 aromatic heterocycles. The first-order valence-electron chi connectivity index (χ1n) is 7.82. The number of aliphatic hydroxyl groups excluding tert-OH is 1. The first kappa shape index (κ1) is 14.2. The van der Waals surface area contributed by atoms with Gasteiger partial charge in [-0.25, -0.2) is 0 Å². The lowest BCUT2D eigenvalue weighted by molar-refractivity contribution is -0.0946. The molecule has 1 spiro atoms. The van der Waals surface area contributed by atoms with Crippen LogP contribution in [-0.4, -0.2) is 59.0 Å². The second-order valence-corrected chi connectivity index (χ2v) is 7.70. The Kier molecular flexibility index (Phi) is 4.42. The van der Waals surface area contributed by atoms with Crippen LogP contribution in [0, 0.1) is 5.92 Å². The Morgan fingerprint density at radius 2 is 2.11 bits per heavy atom. The Morgan fingerprint density at radius 1 is 1.32 bits per heavy atom. The Morgan fingerprint density at radius 3 is 2.74 bits per heavy atom. The number of likely N-dealkylation sites (tertiary alicyclic amines) is 1. The predicted molar refractivity (Wildman–Crippen MR) is 79.6 cm³/mol. The van der Waals surface area contributed by atoms with Crippen LogP contribution in [-0.2, 0) is 4.74 Å². The zero-order valence-corrected chi connectivity index (χ0v) is 12.8. The van der Waals surface area contributed by atoms with Gasteiger partial charge in [0.2, 0.25) is 0 Å². The summed E-state index contributed by atoms with van der Waals surface area (Å²) in [7, 11) is 0. The van der Waals surface area contributed by atoms with E-state index in [2.05, 4.69) is 16.7 Å². The Balaban J connectivity index is 1.55. The molecular weight excluding hydrogens is 258 g/mol. The lowest BCUT2D eigenvalue weighted by atomic mass is 9.86. The molecule has 3 heterocycles. The van der Waals surface area contributed by atoms with Crippen LogP contribution >= 0.6 is 11.8 Å². The Hall–Kier alpha value is 0.230. The smallest absolute Gasteiger partial charge is 0.0795 e. The van der Waals surface area contributed by atoms with E-state index in [9.17, 15) is 5.11 Å². The van der Waals surface area contributed by atoms with E-state index in [1.165, 1.54) is 43.9 Å². The molecule has 0 aromatic carbocycles. The highest BCUT2D eigenvalue weighted by Crippen LogP contribution is 2.40. The van der Waals surface area contributed by atoms with Crippen LogP contribution < -0.4 is 0 Å². The van der Waals surface area contributed by atoms with E-state index >= 15 is 0 Å². The molecule has 0 amide bonds. The zero-order chi connectivity index (χ0) is 13.3. The minimum Gasteiger partial charge on any atom is -0.393 e. The lowest BCUT2D eigenvalue weighted by Crippen LogP contribution is -2.51. The second-order valence-electron chi connectivity index (χ2n) is 6.59. The molecule has 3 aliphatic heterocycles. The molecule has 0 bridgehead atoms. The van der Waals surface area contributed by atoms with Gasteiger partial charge in [-0.1, -0.05) is 0 Å². The maximum absolute atomic E-state index is 9.70. The fourth-order valence-electron chi connectivity index (χ4n) is 3.94. The number of hydrogen-bond donors (Lipinski definition) is 1. The summed E-state index contributed by atoms with van der Waals surface area (Å²) in [6, 6.07) is 0.724. The molecule has 3 unspecified atom stereocenters. The summed E-state index contributed by atoms with van der Waals surface area (Å²) in [6.45, 7) is 5.23. The highest BCUT2D eigenvalue weighted by atomic mass is 32.2. The highest BCUT2D eigenvalue weighted by molar-refractivity contribution is 7.99. The van der Waals surface area contributed by atoms with Crippen LogP contribution in [0.25, 0.3) is 0 Å². The van der Waals surface area contributed by atoms with Crippen molar-refractivity contribution in [2.24, 2.45) is 5.92 Å². The summed E-state index contributed by atoms with van der Waals surface area (Å²) in [5.41, 5.74) is 0.203. The molecule has 0 saturated carbocycles. The van der Waals surface area contributed by atoms with E-state index in [0.29, 0.717) is 5.92 Å². The number of hydrogen-bond acceptors (Lipinski definition) is 4. The monoisotopic (exact) mass is 285 g/mol. The highest BCUT2D eigenvalue weighted by Gasteiger charge is 2.42. The average Bonchev–Trinajstić information content (AvgIpc) is 2.87. The number of thioether (sulfide) groups is 1. The fourth-order valence-corrected chi connectivity index (χ4v) is 5.32. The largest absolute Gasteiger partial charge is 0.393 e. The van der Waals surface area contributed by atoms with Crippen LogP contribution in [0.1, 0.15) is 39.0 Å². The summed E-state index contributed by atoms with van der Waals surface area (Å²) in [6.07, 6.45) is 5.88. The molecule has 3 atom stereocenters. The van der Waals surface area contributed by atoms with Crippen LogP contribution in [0.3, 0.4) is 0 Å². The number of rotatable bonds is 2. The van der Waals surface area contributed by atoms with Crippen molar-refractivity contribution in [3.8, 4) is 0 Å². The summed E-state index contributed by atoms with van der Waals surface area (Å²) in [5.74, 6) is 3.00. The van der Waals surface area contributed by atoms with Gasteiger partial charge in [0.15, 0.2) is 0 Å². The van der Waals surface area contributed by atoms with Gasteiger partial charge in [0.25, 0.3) is 0 Å². The summed E-state index contributed by atoms with van der Waals surface area (Å²) in [5, 5.41) is 9.70. The zero-order valence-electron chi connectivity index (χ0n) is 12.0. The number of nitrogens with zero attached hydrogens (tertiary/aromatic N) is 1. The van der Waals surface area contributed by atoms with Crippen molar-refractivity contribution in [3.63, 3.8) is 0 Å². The minimum absolute atomic E-state index is 0.130. The summed E-state index contributed by atoms with van der Waals surface area (Å²) >= 11 is 2.06. The molecule has 3 nitrogen and oxygen atoms in total. The standard InChI is InChI=1S/C15H27NO2S/c1-12(17)13-2-6-16(7-3-13)14-4-8-18-15(10-14)5-9-19-11-15/h12-14,17H,2-11H2,1H3. The third-order valence-corrected chi connectivity index (χ3v) is 6.53. The van der Waals surface area contributed by atoms with Gasteiger partial charge in [0, 0.05) is 18.4 Å². The van der Waals surface area contributed by atoms with Crippen molar-refractivity contribution < 1.29 is 9.84 Å². The molecule has 3 rings (SSSR count). The SMILES string of the molecule is CC(O)C1CCN(C2CCOC3(CCSC3)C2)CC1. The van der Waals surface area contributed by atoms with Gasteiger partial charge in [0.05, 0.1) is 11.7 Å². The molecule has 0 aliphatic carbocycles. The second kappa shape index (κ2) is 5.92. The Bertz CT molecular complexity index is 297. The van der Waals surface area contributed by atoms with E-state index in [-0.39, 0.29) is 11.7 Å². The number of piperidine rings is 1. The third kappa shape index (κ3) is 3.12. The summed E-state index contributed by atoms with van der Waals surface area (Å²) < 4.78 is 6.12. The van der Waals surface area contributed by atoms with Crippen LogP contribution in [0.4, 0.5) is 0 Å². The third-order valence-electron chi connectivity index (χ3n) is 5.31. The van der Waals surface area contributed by atoms with Gasteiger partial charge in [-0.15, -0.1) is 0 Å². The average molecular weight is 285 g/mol. The maximum atomic E-state index is 9.70. The van der Waals surface area contributed by atoms with E-state index in [0.717, 1.165) is 25.5 Å². The van der Waals surface area contributed by atoms with Gasteiger partial charge < -0.3 is 14.7 Å². The Labute approximate surface area is 121 Å². The quantitative estimate of drug-likeness (QED) is 0.842. The molecular formula is C15H27NO2S. The first-order valence-corrected chi connectivity index (χ1v) is 8.98. The van der Waals surface area contributed by atoms with E-state index in [1.54, 1.807) is 0 Å². The molecule has 3 fully saturated rings. The van der Waals surface area contributed by atoms with Crippen LogP contribution in [0.15, 0.2) is 0 Å². The number of aliphatic hydroxyl groups is 1. The first-order chi connectivity index (χ1) is 9.19. The lowest BCUT2D eigenvalue weighted by Gasteiger charge is -2.45. The van der Waals surface area contributed by atoms with Gasteiger partial charge in [-0.05, 0) is 63.8 Å². The van der Waals surface area contributed by atoms with Crippen LogP contribution in [0.2, 0.25) is 0 Å².